The topological polar surface area (TPSA) is 46.2 Å². The Morgan fingerprint density at radius 1 is 1.38 bits per heavy atom. The van der Waals surface area contributed by atoms with E-state index in [1.165, 1.54) is 6.92 Å². The number of nitrogens with one attached hydrogen (secondary N) is 1. The van der Waals surface area contributed by atoms with Crippen LogP contribution in [0.3, 0.4) is 0 Å². The van der Waals surface area contributed by atoms with Crippen molar-refractivity contribution in [1.82, 2.24) is 5.32 Å². The molecule has 0 aromatic heterocycles. The van der Waals surface area contributed by atoms with Gasteiger partial charge in [-0.15, -0.1) is 0 Å². The van der Waals surface area contributed by atoms with Crippen LogP contribution in [0, 0.1) is 5.41 Å². The van der Waals surface area contributed by atoms with Gasteiger partial charge in [-0.25, -0.2) is 0 Å². The maximum Gasteiger partial charge on any atom is 0.221 e. The van der Waals surface area contributed by atoms with Crippen molar-refractivity contribution >= 4 is 11.7 Å². The molecule has 0 unspecified atom stereocenters. The number of carbonyl (C=O) groups excluding carboxylic acids is 2. The zero-order chi connectivity index (χ0) is 10.1. The molecule has 1 amide bonds. The molecule has 1 fully saturated rings. The molecule has 0 saturated heterocycles. The van der Waals surface area contributed by atoms with Crippen molar-refractivity contribution in [2.45, 2.75) is 46.1 Å². The first-order valence-electron chi connectivity index (χ1n) is 4.72. The maximum atomic E-state index is 11.4. The van der Waals surface area contributed by atoms with E-state index in [1.807, 2.05) is 13.8 Å². The largest absolute Gasteiger partial charge is 0.353 e. The van der Waals surface area contributed by atoms with Crippen molar-refractivity contribution in [3.63, 3.8) is 0 Å². The zero-order valence-corrected chi connectivity index (χ0v) is 8.52. The lowest BCUT2D eigenvalue weighted by atomic mass is 9.85. The fourth-order valence-electron chi connectivity index (χ4n) is 1.03. The van der Waals surface area contributed by atoms with E-state index in [4.69, 9.17) is 0 Å². The van der Waals surface area contributed by atoms with Crippen LogP contribution >= 0.6 is 0 Å². The summed E-state index contributed by atoms with van der Waals surface area (Å²) in [6, 6.07) is 0.384. The Balaban J connectivity index is 2.36. The molecule has 0 spiro atoms. The Kier molecular flexibility index (Phi) is 2.74. The predicted molar refractivity (Wildman–Crippen MR) is 50.2 cm³/mol. The lowest BCUT2D eigenvalue weighted by Crippen LogP contribution is -2.33. The molecule has 1 aliphatic rings. The second-order valence-corrected chi connectivity index (χ2v) is 4.46. The summed E-state index contributed by atoms with van der Waals surface area (Å²) in [6.45, 7) is 5.15. The normalized spacial score (nSPS) is 16.8. The van der Waals surface area contributed by atoms with Gasteiger partial charge in [0.2, 0.25) is 5.91 Å². The molecular weight excluding hydrogens is 166 g/mol. The van der Waals surface area contributed by atoms with Gasteiger partial charge in [-0.2, -0.15) is 0 Å². The predicted octanol–water partition coefficient (Wildman–Crippen LogP) is 1.27. The highest BCUT2D eigenvalue weighted by Crippen LogP contribution is 2.23. The van der Waals surface area contributed by atoms with Crippen LogP contribution in [0.4, 0.5) is 0 Å². The summed E-state index contributed by atoms with van der Waals surface area (Å²) in [7, 11) is 0. The van der Waals surface area contributed by atoms with Gasteiger partial charge in [0.05, 0.1) is 0 Å². The molecule has 1 rings (SSSR count). The minimum absolute atomic E-state index is 0.00250. The molecular formula is C10H17NO2. The SMILES string of the molecule is CC(=O)C(C)(C)CC(=O)NC1CC1. The van der Waals surface area contributed by atoms with Crippen LogP contribution in [0.5, 0.6) is 0 Å². The zero-order valence-electron chi connectivity index (χ0n) is 8.52. The van der Waals surface area contributed by atoms with Gasteiger partial charge >= 0.3 is 0 Å². The molecule has 13 heavy (non-hydrogen) atoms. The highest BCUT2D eigenvalue weighted by Gasteiger charge is 2.30. The van der Waals surface area contributed by atoms with E-state index >= 15 is 0 Å². The van der Waals surface area contributed by atoms with Gasteiger partial charge in [0.25, 0.3) is 0 Å². The van der Waals surface area contributed by atoms with Crippen molar-refractivity contribution in [3.8, 4) is 0 Å². The Hall–Kier alpha value is -0.860. The molecule has 74 valence electrons. The Bertz CT molecular complexity index is 229. The smallest absolute Gasteiger partial charge is 0.221 e. The van der Waals surface area contributed by atoms with Crippen molar-refractivity contribution in [2.24, 2.45) is 5.41 Å². The third-order valence-electron chi connectivity index (χ3n) is 2.50. The fourth-order valence-corrected chi connectivity index (χ4v) is 1.03. The van der Waals surface area contributed by atoms with E-state index in [2.05, 4.69) is 5.32 Å². The van der Waals surface area contributed by atoms with Gasteiger partial charge in [0.15, 0.2) is 0 Å². The van der Waals surface area contributed by atoms with Crippen LogP contribution in [0.25, 0.3) is 0 Å². The molecule has 0 atom stereocenters. The van der Waals surface area contributed by atoms with E-state index in [0.717, 1.165) is 12.8 Å². The number of hydrogen-bond donors (Lipinski definition) is 1. The quantitative estimate of drug-likeness (QED) is 0.713. The third kappa shape index (κ3) is 3.17. The van der Waals surface area contributed by atoms with Crippen molar-refractivity contribution < 1.29 is 9.59 Å². The van der Waals surface area contributed by atoms with Crippen molar-refractivity contribution in [3.05, 3.63) is 0 Å². The number of amides is 1. The minimum Gasteiger partial charge on any atom is -0.353 e. The van der Waals surface area contributed by atoms with Gasteiger partial charge < -0.3 is 5.32 Å². The van der Waals surface area contributed by atoms with Gasteiger partial charge in [0, 0.05) is 17.9 Å². The summed E-state index contributed by atoms with van der Waals surface area (Å²) in [4.78, 5) is 22.5. The summed E-state index contributed by atoms with van der Waals surface area (Å²) in [5.74, 6) is 0.0705. The van der Waals surface area contributed by atoms with Crippen molar-refractivity contribution in [2.75, 3.05) is 0 Å². The lowest BCUT2D eigenvalue weighted by molar-refractivity contribution is -0.131. The first-order valence-corrected chi connectivity index (χ1v) is 4.72. The average Bonchev–Trinajstić information content (AvgIpc) is 2.69. The Morgan fingerprint density at radius 3 is 2.31 bits per heavy atom. The van der Waals surface area contributed by atoms with Crippen LogP contribution < -0.4 is 5.32 Å². The Morgan fingerprint density at radius 2 is 1.92 bits per heavy atom. The second-order valence-electron chi connectivity index (χ2n) is 4.46. The maximum absolute atomic E-state index is 11.4. The summed E-state index contributed by atoms with van der Waals surface area (Å²) < 4.78 is 0. The summed E-state index contributed by atoms with van der Waals surface area (Å²) >= 11 is 0. The first-order chi connectivity index (χ1) is 5.92. The number of ketones is 1. The summed E-state index contributed by atoms with van der Waals surface area (Å²) in [5.41, 5.74) is -0.515. The summed E-state index contributed by atoms with van der Waals surface area (Å²) in [6.07, 6.45) is 2.48. The van der Waals surface area contributed by atoms with Crippen LogP contribution in [-0.4, -0.2) is 17.7 Å². The molecule has 1 N–H and O–H groups in total. The minimum atomic E-state index is -0.515. The Labute approximate surface area is 78.9 Å². The first kappa shape index (κ1) is 10.2. The van der Waals surface area contributed by atoms with Crippen molar-refractivity contribution in [1.29, 1.82) is 0 Å². The molecule has 0 bridgehead atoms. The molecule has 0 aliphatic heterocycles. The van der Waals surface area contributed by atoms with Crippen LogP contribution in [0.15, 0.2) is 0 Å². The van der Waals surface area contributed by atoms with Gasteiger partial charge in [-0.05, 0) is 19.8 Å². The average molecular weight is 183 g/mol. The summed E-state index contributed by atoms with van der Waals surface area (Å²) in [5, 5.41) is 2.87. The van der Waals surface area contributed by atoms with E-state index in [-0.39, 0.29) is 11.7 Å². The van der Waals surface area contributed by atoms with Gasteiger partial charge in [-0.3, -0.25) is 9.59 Å². The molecule has 1 saturated carbocycles. The molecule has 0 aromatic rings. The van der Waals surface area contributed by atoms with Crippen LogP contribution in [0.2, 0.25) is 0 Å². The molecule has 0 heterocycles. The van der Waals surface area contributed by atoms with Gasteiger partial charge in [-0.1, -0.05) is 13.8 Å². The monoisotopic (exact) mass is 183 g/mol. The highest BCUT2D eigenvalue weighted by molar-refractivity contribution is 5.88. The van der Waals surface area contributed by atoms with Crippen LogP contribution in [-0.2, 0) is 9.59 Å². The van der Waals surface area contributed by atoms with Crippen LogP contribution in [0.1, 0.15) is 40.0 Å². The lowest BCUT2D eigenvalue weighted by Gasteiger charge is -2.19. The fraction of sp³-hybridized carbons (Fsp3) is 0.800. The second kappa shape index (κ2) is 3.48. The molecule has 1 aliphatic carbocycles. The van der Waals surface area contributed by atoms with E-state index in [0.29, 0.717) is 12.5 Å². The molecule has 0 radical (unpaired) electrons. The molecule has 3 nitrogen and oxygen atoms in total. The molecule has 0 aromatic carbocycles. The highest BCUT2D eigenvalue weighted by atomic mass is 16.2. The van der Waals surface area contributed by atoms with Gasteiger partial charge in [0.1, 0.15) is 5.78 Å². The van der Waals surface area contributed by atoms with E-state index < -0.39 is 5.41 Å². The van der Waals surface area contributed by atoms with E-state index in [9.17, 15) is 9.59 Å². The van der Waals surface area contributed by atoms with E-state index in [1.54, 1.807) is 0 Å². The number of carbonyl (C=O) groups is 2. The number of rotatable bonds is 4. The number of hydrogen-bond acceptors (Lipinski definition) is 2. The molecule has 3 heteroatoms. The number of Topliss-reactive ketones (excluding diaryl/α,β-unsaturated/α-hetero) is 1. The standard InChI is InChI=1S/C10H17NO2/c1-7(12)10(2,3)6-9(13)11-8-4-5-8/h8H,4-6H2,1-3H3,(H,11,13). The third-order valence-corrected chi connectivity index (χ3v) is 2.50.